The Labute approximate surface area is 242 Å². The van der Waals surface area contributed by atoms with Crippen molar-refractivity contribution in [3.05, 3.63) is 64.9 Å². The summed E-state index contributed by atoms with van der Waals surface area (Å²) in [4.78, 5) is 17.6. The van der Waals surface area contributed by atoms with Gasteiger partial charge in [0.05, 0.1) is 17.0 Å². The lowest BCUT2D eigenvalue weighted by Crippen LogP contribution is -2.57. The smallest absolute Gasteiger partial charge is 0.410 e. The molecule has 5 rings (SSSR count). The SMILES string of the molecule is C[C@H]1CN(C2CCCCC2)CCN1C(=O)OC[C@H]1CCC[C@@H](c2cccc(F)c2)N1S(=O)(=O)c1ccc(Cl)cc1. The first-order chi connectivity index (χ1) is 19.2. The molecule has 2 aromatic rings. The van der Waals surface area contributed by atoms with Crippen molar-refractivity contribution in [1.29, 1.82) is 0 Å². The van der Waals surface area contributed by atoms with E-state index >= 15 is 0 Å². The highest BCUT2D eigenvalue weighted by Gasteiger charge is 2.42. The van der Waals surface area contributed by atoms with Crippen LogP contribution in [-0.4, -0.2) is 73.0 Å². The summed E-state index contributed by atoms with van der Waals surface area (Å²) in [5.74, 6) is -0.420. The maximum absolute atomic E-state index is 14.2. The highest BCUT2D eigenvalue weighted by molar-refractivity contribution is 7.89. The average molecular weight is 592 g/mol. The Kier molecular flexibility index (Phi) is 9.35. The zero-order valence-electron chi connectivity index (χ0n) is 23.1. The second-order valence-electron chi connectivity index (χ2n) is 11.4. The van der Waals surface area contributed by atoms with Gasteiger partial charge in [0.25, 0.3) is 0 Å². The Morgan fingerprint density at radius 3 is 2.45 bits per heavy atom. The fourth-order valence-corrected chi connectivity index (χ4v) is 8.59. The van der Waals surface area contributed by atoms with E-state index < -0.39 is 34.0 Å². The molecule has 218 valence electrons. The van der Waals surface area contributed by atoms with Crippen LogP contribution in [-0.2, 0) is 14.8 Å². The highest BCUT2D eigenvalue weighted by Crippen LogP contribution is 2.39. The lowest BCUT2D eigenvalue weighted by Gasteiger charge is -2.44. The molecular weight excluding hydrogens is 553 g/mol. The van der Waals surface area contributed by atoms with Gasteiger partial charge < -0.3 is 9.64 Å². The van der Waals surface area contributed by atoms with Crippen LogP contribution in [0.15, 0.2) is 53.4 Å². The maximum Gasteiger partial charge on any atom is 0.410 e. The number of hydrogen-bond acceptors (Lipinski definition) is 5. The van der Waals surface area contributed by atoms with Gasteiger partial charge in [-0.05, 0) is 81.0 Å². The molecule has 10 heteroatoms. The number of piperidine rings is 1. The predicted molar refractivity (Wildman–Crippen MR) is 153 cm³/mol. The van der Waals surface area contributed by atoms with Crippen LogP contribution in [0.4, 0.5) is 9.18 Å². The van der Waals surface area contributed by atoms with E-state index in [2.05, 4.69) is 4.90 Å². The second-order valence-corrected chi connectivity index (χ2v) is 13.6. The average Bonchev–Trinajstić information content (AvgIpc) is 2.96. The summed E-state index contributed by atoms with van der Waals surface area (Å²) >= 11 is 6.03. The summed E-state index contributed by atoms with van der Waals surface area (Å²) < 4.78 is 49.4. The molecule has 2 aromatic carbocycles. The first-order valence-corrected chi connectivity index (χ1v) is 16.3. The van der Waals surface area contributed by atoms with E-state index in [1.165, 1.54) is 60.7 Å². The van der Waals surface area contributed by atoms with E-state index in [4.69, 9.17) is 16.3 Å². The molecule has 1 saturated carbocycles. The second kappa shape index (κ2) is 12.8. The van der Waals surface area contributed by atoms with Gasteiger partial charge >= 0.3 is 6.09 Å². The lowest BCUT2D eigenvalue weighted by molar-refractivity contribution is 0.0185. The Bertz CT molecular complexity index is 1270. The molecule has 2 aliphatic heterocycles. The van der Waals surface area contributed by atoms with Crippen molar-refractivity contribution in [1.82, 2.24) is 14.1 Å². The Morgan fingerprint density at radius 2 is 1.75 bits per heavy atom. The maximum atomic E-state index is 14.2. The first kappa shape index (κ1) is 29.3. The summed E-state index contributed by atoms with van der Waals surface area (Å²) in [5, 5.41) is 0.433. The van der Waals surface area contributed by atoms with Gasteiger partial charge in [0, 0.05) is 36.7 Å². The van der Waals surface area contributed by atoms with Gasteiger partial charge in [0.2, 0.25) is 10.0 Å². The monoisotopic (exact) mass is 591 g/mol. The van der Waals surface area contributed by atoms with Gasteiger partial charge in [-0.1, -0.05) is 43.0 Å². The number of carbonyl (C=O) groups is 1. The van der Waals surface area contributed by atoms with Crippen LogP contribution in [0.2, 0.25) is 5.02 Å². The quantitative estimate of drug-likeness (QED) is 0.398. The van der Waals surface area contributed by atoms with Crippen LogP contribution in [0, 0.1) is 5.82 Å². The minimum atomic E-state index is -4.00. The fraction of sp³-hybridized carbons (Fsp3) is 0.567. The summed E-state index contributed by atoms with van der Waals surface area (Å²) in [6.07, 6.45) is 7.71. The third-order valence-corrected chi connectivity index (χ3v) is 10.9. The molecule has 0 N–H and O–H groups in total. The van der Waals surface area contributed by atoms with Crippen molar-refractivity contribution in [3.63, 3.8) is 0 Å². The van der Waals surface area contributed by atoms with E-state index in [0.717, 1.165) is 19.5 Å². The molecule has 2 heterocycles. The van der Waals surface area contributed by atoms with Gasteiger partial charge in [0.15, 0.2) is 0 Å². The van der Waals surface area contributed by atoms with Crippen molar-refractivity contribution in [2.75, 3.05) is 26.2 Å². The first-order valence-electron chi connectivity index (χ1n) is 14.5. The minimum absolute atomic E-state index is 0.0171. The minimum Gasteiger partial charge on any atom is -0.448 e. The number of amides is 1. The Morgan fingerprint density at radius 1 is 1.00 bits per heavy atom. The zero-order chi connectivity index (χ0) is 28.3. The fourth-order valence-electron chi connectivity index (χ4n) is 6.62. The number of ether oxygens (including phenoxy) is 1. The van der Waals surface area contributed by atoms with Crippen LogP contribution in [0.3, 0.4) is 0 Å². The zero-order valence-corrected chi connectivity index (χ0v) is 24.6. The van der Waals surface area contributed by atoms with E-state index in [-0.39, 0.29) is 17.5 Å². The van der Waals surface area contributed by atoms with Gasteiger partial charge in [-0.15, -0.1) is 0 Å². The molecule has 7 nitrogen and oxygen atoms in total. The van der Waals surface area contributed by atoms with E-state index in [1.54, 1.807) is 29.2 Å². The normalized spacial score (nSPS) is 25.6. The van der Waals surface area contributed by atoms with E-state index in [9.17, 15) is 17.6 Å². The van der Waals surface area contributed by atoms with Crippen LogP contribution < -0.4 is 0 Å². The van der Waals surface area contributed by atoms with Crippen LogP contribution in [0.25, 0.3) is 0 Å². The molecule has 1 amide bonds. The highest BCUT2D eigenvalue weighted by atomic mass is 35.5. The van der Waals surface area contributed by atoms with Gasteiger partial charge in [0.1, 0.15) is 12.4 Å². The number of rotatable bonds is 6. The number of benzene rings is 2. The van der Waals surface area contributed by atoms with Gasteiger partial charge in [-0.2, -0.15) is 4.31 Å². The molecule has 0 bridgehead atoms. The summed E-state index contributed by atoms with van der Waals surface area (Å²) in [6, 6.07) is 11.6. The van der Waals surface area contributed by atoms with E-state index in [1.807, 2.05) is 6.92 Å². The van der Waals surface area contributed by atoms with Crippen molar-refractivity contribution in [3.8, 4) is 0 Å². The molecule has 2 saturated heterocycles. The summed E-state index contributed by atoms with van der Waals surface area (Å²) in [6.45, 7) is 4.23. The van der Waals surface area contributed by atoms with Crippen LogP contribution >= 0.6 is 11.6 Å². The van der Waals surface area contributed by atoms with Crippen LogP contribution in [0.1, 0.15) is 69.9 Å². The Hall–Kier alpha value is -2.20. The number of nitrogens with zero attached hydrogens (tertiary/aromatic N) is 3. The third-order valence-electron chi connectivity index (χ3n) is 8.69. The Balaban J connectivity index is 1.32. The van der Waals surface area contributed by atoms with E-state index in [0.29, 0.717) is 36.0 Å². The van der Waals surface area contributed by atoms with Crippen molar-refractivity contribution in [2.24, 2.45) is 0 Å². The molecule has 3 fully saturated rings. The predicted octanol–water partition coefficient (Wildman–Crippen LogP) is 6.24. The molecule has 0 aromatic heterocycles. The number of piperazine rings is 1. The molecule has 0 spiro atoms. The number of sulfonamides is 1. The standard InChI is InChI=1S/C30H39ClFN3O4S/c1-22-20-33(26-9-3-2-4-10-26)17-18-34(22)30(36)39-21-27-11-6-12-29(23-7-5-8-25(32)19-23)35(27)40(37,38)28-15-13-24(31)14-16-28/h5,7-8,13-16,19,22,26-27,29H,2-4,6,9-12,17-18,20-21H2,1H3/t22-,27+,29-/m0/s1. The number of hydrogen-bond donors (Lipinski definition) is 0. The van der Waals surface area contributed by atoms with Gasteiger partial charge in [-0.3, -0.25) is 4.90 Å². The molecule has 1 aliphatic carbocycles. The molecular formula is C30H39ClFN3O4S. The molecule has 3 atom stereocenters. The summed E-state index contributed by atoms with van der Waals surface area (Å²) in [5.41, 5.74) is 0.584. The van der Waals surface area contributed by atoms with Crippen molar-refractivity contribution >= 4 is 27.7 Å². The molecule has 40 heavy (non-hydrogen) atoms. The van der Waals surface area contributed by atoms with Gasteiger partial charge in [-0.25, -0.2) is 17.6 Å². The van der Waals surface area contributed by atoms with Crippen molar-refractivity contribution in [2.45, 2.75) is 87.4 Å². The molecule has 0 unspecified atom stereocenters. The molecule has 3 aliphatic rings. The number of carbonyl (C=O) groups excluding carboxylic acids is 1. The largest absolute Gasteiger partial charge is 0.448 e. The number of halogens is 2. The van der Waals surface area contributed by atoms with Crippen LogP contribution in [0.5, 0.6) is 0 Å². The summed E-state index contributed by atoms with van der Waals surface area (Å²) in [7, 11) is -4.00. The molecule has 0 radical (unpaired) electrons. The third kappa shape index (κ3) is 6.48. The topological polar surface area (TPSA) is 70.2 Å². The van der Waals surface area contributed by atoms with Crippen molar-refractivity contribution < 1.29 is 22.3 Å². The lowest BCUT2D eigenvalue weighted by atomic mass is 9.93.